The number of anilines is 1. The van der Waals surface area contributed by atoms with E-state index in [-0.39, 0.29) is 19.1 Å². The van der Waals surface area contributed by atoms with Gasteiger partial charge in [0.2, 0.25) is 12.7 Å². The van der Waals surface area contributed by atoms with Crippen molar-refractivity contribution in [3.63, 3.8) is 0 Å². The monoisotopic (exact) mass is 367 g/mol. The molecule has 0 fully saturated rings. The number of benzene rings is 1. The summed E-state index contributed by atoms with van der Waals surface area (Å²) in [6.07, 6.45) is 5.61. The molecule has 3 aromatic rings. The van der Waals surface area contributed by atoms with Gasteiger partial charge in [0.1, 0.15) is 0 Å². The van der Waals surface area contributed by atoms with Crippen molar-refractivity contribution in [2.45, 2.75) is 19.3 Å². The lowest BCUT2D eigenvalue weighted by molar-refractivity contribution is -0.115. The highest BCUT2D eigenvalue weighted by molar-refractivity contribution is 7.09. The van der Waals surface area contributed by atoms with Gasteiger partial charge in [0.15, 0.2) is 11.5 Å². The van der Waals surface area contributed by atoms with E-state index in [9.17, 15) is 4.79 Å². The molecule has 7 heteroatoms. The highest BCUT2D eigenvalue weighted by Crippen LogP contribution is 2.34. The fourth-order valence-corrected chi connectivity index (χ4v) is 3.49. The summed E-state index contributed by atoms with van der Waals surface area (Å²) < 4.78 is 10.6. The van der Waals surface area contributed by atoms with Crippen LogP contribution in [-0.2, 0) is 24.1 Å². The number of nitrogens with zero attached hydrogens (tertiary/aromatic N) is 2. The topological polar surface area (TPSA) is 73.3 Å². The molecule has 0 radical (unpaired) electrons. The molecule has 2 aromatic heterocycles. The first-order valence-corrected chi connectivity index (χ1v) is 9.16. The summed E-state index contributed by atoms with van der Waals surface area (Å²) in [5.41, 5.74) is 2.71. The van der Waals surface area contributed by atoms with Crippen molar-refractivity contribution in [1.29, 1.82) is 0 Å². The van der Waals surface area contributed by atoms with Crippen LogP contribution in [-0.4, -0.2) is 22.7 Å². The predicted molar refractivity (Wildman–Crippen MR) is 98.7 cm³/mol. The Labute approximate surface area is 154 Å². The second-order valence-electron chi connectivity index (χ2n) is 5.88. The zero-order chi connectivity index (χ0) is 17.8. The van der Waals surface area contributed by atoms with Crippen molar-refractivity contribution in [2.75, 3.05) is 12.1 Å². The fourth-order valence-electron chi connectivity index (χ4n) is 2.69. The van der Waals surface area contributed by atoms with Crippen LogP contribution in [0.15, 0.2) is 48.1 Å². The van der Waals surface area contributed by atoms with Crippen LogP contribution in [0.5, 0.6) is 11.5 Å². The molecule has 1 N–H and O–H groups in total. The second kappa shape index (κ2) is 7.53. The molecule has 3 heterocycles. The summed E-state index contributed by atoms with van der Waals surface area (Å²) in [6, 6.07) is 9.37. The number of hydrogen-bond acceptors (Lipinski definition) is 6. The number of ether oxygens (including phenoxy) is 2. The molecule has 6 nitrogen and oxygen atoms in total. The number of aryl methyl sites for hydroxylation is 2. The summed E-state index contributed by atoms with van der Waals surface area (Å²) in [5, 5.41) is 5.85. The molecule has 0 aliphatic carbocycles. The van der Waals surface area contributed by atoms with Gasteiger partial charge >= 0.3 is 0 Å². The Morgan fingerprint density at radius 3 is 2.85 bits per heavy atom. The number of rotatable bonds is 6. The second-order valence-corrected chi connectivity index (χ2v) is 6.82. The first kappa shape index (κ1) is 16.5. The molecule has 0 atom stereocenters. The maximum absolute atomic E-state index is 12.2. The predicted octanol–water partition coefficient (Wildman–Crippen LogP) is 3.23. The largest absolute Gasteiger partial charge is 0.454 e. The zero-order valence-electron chi connectivity index (χ0n) is 14.0. The number of fused-ring (bicyclic) bond motifs is 1. The summed E-state index contributed by atoms with van der Waals surface area (Å²) in [6.45, 7) is 0.216. The van der Waals surface area contributed by atoms with Crippen LogP contribution in [0.2, 0.25) is 0 Å². The average molecular weight is 367 g/mol. The maximum Gasteiger partial charge on any atom is 0.231 e. The van der Waals surface area contributed by atoms with Gasteiger partial charge in [-0.05, 0) is 36.2 Å². The first-order chi connectivity index (χ1) is 12.8. The Morgan fingerprint density at radius 2 is 1.96 bits per heavy atom. The number of carbonyl (C=O) groups excluding carboxylic acids is 1. The van der Waals surface area contributed by atoms with E-state index in [1.54, 1.807) is 41.9 Å². The fraction of sp³-hybridized carbons (Fsp3) is 0.211. The lowest BCUT2D eigenvalue weighted by atomic mass is 10.1. The van der Waals surface area contributed by atoms with E-state index in [2.05, 4.69) is 15.3 Å². The third kappa shape index (κ3) is 4.00. The number of carbonyl (C=O) groups is 1. The number of nitrogens with one attached hydrogen (secondary N) is 1. The summed E-state index contributed by atoms with van der Waals surface area (Å²) in [4.78, 5) is 20.8. The van der Waals surface area contributed by atoms with Gasteiger partial charge < -0.3 is 14.8 Å². The van der Waals surface area contributed by atoms with E-state index in [0.717, 1.165) is 23.5 Å². The van der Waals surface area contributed by atoms with E-state index in [4.69, 9.17) is 9.47 Å². The van der Waals surface area contributed by atoms with Gasteiger partial charge in [-0.15, -0.1) is 11.3 Å². The molecular formula is C19H17N3O3S. The standard InChI is InChI=1S/C19H17N3O3S/c23-18(21-14-2-3-16-17(9-14)25-12-24-16)10-15-11-26-19(22-15)4-1-13-5-7-20-8-6-13/h2-3,5-9,11H,1,4,10,12H2,(H,21,23). The number of hydrogen-bond donors (Lipinski definition) is 1. The Bertz CT molecular complexity index is 911. The normalized spacial score (nSPS) is 12.2. The van der Waals surface area contributed by atoms with Gasteiger partial charge in [-0.25, -0.2) is 4.98 Å². The molecule has 0 unspecified atom stereocenters. The van der Waals surface area contributed by atoms with E-state index in [1.165, 1.54) is 5.56 Å². The molecular weight excluding hydrogens is 350 g/mol. The molecule has 132 valence electrons. The zero-order valence-corrected chi connectivity index (χ0v) is 14.8. The van der Waals surface area contributed by atoms with E-state index in [1.807, 2.05) is 17.5 Å². The maximum atomic E-state index is 12.2. The quantitative estimate of drug-likeness (QED) is 0.724. The van der Waals surface area contributed by atoms with Crippen molar-refractivity contribution in [2.24, 2.45) is 0 Å². The van der Waals surface area contributed by atoms with Crippen molar-refractivity contribution in [3.8, 4) is 11.5 Å². The lowest BCUT2D eigenvalue weighted by Crippen LogP contribution is -2.14. The SMILES string of the molecule is O=C(Cc1csc(CCc2ccncc2)n1)Nc1ccc2c(c1)OCO2. The van der Waals surface area contributed by atoms with Crippen molar-refractivity contribution < 1.29 is 14.3 Å². The average Bonchev–Trinajstić information content (AvgIpc) is 3.29. The van der Waals surface area contributed by atoms with Gasteiger partial charge in [0, 0.05) is 35.9 Å². The number of thiazole rings is 1. The Morgan fingerprint density at radius 1 is 1.12 bits per heavy atom. The van der Waals surface area contributed by atoms with E-state index < -0.39 is 0 Å². The van der Waals surface area contributed by atoms with Crippen molar-refractivity contribution in [1.82, 2.24) is 9.97 Å². The van der Waals surface area contributed by atoms with Gasteiger partial charge in [-0.2, -0.15) is 0 Å². The van der Waals surface area contributed by atoms with Crippen molar-refractivity contribution in [3.05, 3.63) is 64.4 Å². The molecule has 1 amide bonds. The van der Waals surface area contributed by atoms with E-state index in [0.29, 0.717) is 17.2 Å². The molecule has 1 aliphatic heterocycles. The minimum atomic E-state index is -0.102. The number of amides is 1. The lowest BCUT2D eigenvalue weighted by Gasteiger charge is -2.05. The van der Waals surface area contributed by atoms with E-state index >= 15 is 0 Å². The number of aromatic nitrogens is 2. The van der Waals surface area contributed by atoms with Crippen LogP contribution < -0.4 is 14.8 Å². The summed E-state index contributed by atoms with van der Waals surface area (Å²) >= 11 is 1.59. The molecule has 26 heavy (non-hydrogen) atoms. The molecule has 4 rings (SSSR count). The molecule has 0 spiro atoms. The first-order valence-electron chi connectivity index (χ1n) is 8.28. The van der Waals surface area contributed by atoms with Crippen LogP contribution in [0.1, 0.15) is 16.3 Å². The summed E-state index contributed by atoms with van der Waals surface area (Å²) in [5.74, 6) is 1.24. The molecule has 1 aliphatic rings. The van der Waals surface area contributed by atoms with Gasteiger partial charge in [0.25, 0.3) is 0 Å². The minimum Gasteiger partial charge on any atom is -0.454 e. The molecule has 0 saturated carbocycles. The van der Waals surface area contributed by atoms with Gasteiger partial charge in [-0.3, -0.25) is 9.78 Å². The van der Waals surface area contributed by atoms with Crippen LogP contribution >= 0.6 is 11.3 Å². The van der Waals surface area contributed by atoms with Crippen LogP contribution in [0.3, 0.4) is 0 Å². The van der Waals surface area contributed by atoms with Crippen molar-refractivity contribution >= 4 is 22.9 Å². The third-order valence-electron chi connectivity index (χ3n) is 3.97. The van der Waals surface area contributed by atoms with Gasteiger partial charge in [-0.1, -0.05) is 0 Å². The van der Waals surface area contributed by atoms with Crippen LogP contribution in [0, 0.1) is 0 Å². The van der Waals surface area contributed by atoms with Crippen LogP contribution in [0.4, 0.5) is 5.69 Å². The van der Waals surface area contributed by atoms with Gasteiger partial charge in [0.05, 0.1) is 17.1 Å². The van der Waals surface area contributed by atoms with Crippen LogP contribution in [0.25, 0.3) is 0 Å². The molecule has 0 saturated heterocycles. The molecule has 0 bridgehead atoms. The summed E-state index contributed by atoms with van der Waals surface area (Å²) in [7, 11) is 0. The Kier molecular flexibility index (Phi) is 4.79. The Hall–Kier alpha value is -2.93. The highest BCUT2D eigenvalue weighted by atomic mass is 32.1. The smallest absolute Gasteiger partial charge is 0.231 e. The highest BCUT2D eigenvalue weighted by Gasteiger charge is 2.14. The minimum absolute atomic E-state index is 0.102. The Balaban J connectivity index is 1.31. The molecule has 1 aromatic carbocycles. The number of pyridine rings is 1. The third-order valence-corrected chi connectivity index (χ3v) is 4.93.